The molecule has 0 bridgehead atoms. The predicted octanol–water partition coefficient (Wildman–Crippen LogP) is 6.07. The number of thiocarbonyl (C=S) groups is 1. The smallest absolute Gasteiger partial charge is 0.266 e. The minimum Gasteiger partial charge on any atom is -0.488 e. The number of thioether (sulfide) groups is 1. The average molecular weight is 481 g/mol. The van der Waals surface area contributed by atoms with Crippen molar-refractivity contribution in [3.8, 4) is 5.75 Å². The first kappa shape index (κ1) is 20.1. The molecular weight excluding hydrogens is 466 g/mol. The van der Waals surface area contributed by atoms with Crippen LogP contribution in [0.15, 0.2) is 64.5 Å². The number of rotatable bonds is 6. The van der Waals surface area contributed by atoms with E-state index < -0.39 is 0 Å². The normalized spacial score (nSPS) is 15.5. The van der Waals surface area contributed by atoms with E-state index in [-0.39, 0.29) is 5.91 Å². The molecule has 0 spiro atoms. The van der Waals surface area contributed by atoms with E-state index in [0.717, 1.165) is 21.3 Å². The van der Waals surface area contributed by atoms with Crippen LogP contribution in [0.4, 0.5) is 0 Å². The van der Waals surface area contributed by atoms with Crippen molar-refractivity contribution in [1.82, 2.24) is 4.90 Å². The van der Waals surface area contributed by atoms with E-state index in [2.05, 4.69) is 22.5 Å². The van der Waals surface area contributed by atoms with Gasteiger partial charge in [0, 0.05) is 11.6 Å². The molecule has 3 nitrogen and oxygen atoms in total. The lowest BCUT2D eigenvalue weighted by molar-refractivity contribution is -0.121. The first-order valence-electron chi connectivity index (χ1n) is 8.01. The van der Waals surface area contributed by atoms with Gasteiger partial charge in [-0.05, 0) is 57.4 Å². The van der Waals surface area contributed by atoms with Gasteiger partial charge in [-0.25, -0.2) is 0 Å². The Labute approximate surface area is 181 Å². The predicted molar refractivity (Wildman–Crippen MR) is 120 cm³/mol. The zero-order valence-electron chi connectivity index (χ0n) is 14.2. The Kier molecular flexibility index (Phi) is 6.76. The van der Waals surface area contributed by atoms with Crippen molar-refractivity contribution in [3.05, 3.63) is 80.6 Å². The summed E-state index contributed by atoms with van der Waals surface area (Å²) in [5.74, 6) is 0.630. The summed E-state index contributed by atoms with van der Waals surface area (Å²) in [7, 11) is 0. The van der Waals surface area contributed by atoms with Crippen LogP contribution in [0.5, 0.6) is 5.75 Å². The van der Waals surface area contributed by atoms with Crippen LogP contribution in [0.2, 0.25) is 5.02 Å². The average Bonchev–Trinajstić information content (AvgIpc) is 2.90. The van der Waals surface area contributed by atoms with E-state index in [0.29, 0.717) is 27.4 Å². The highest BCUT2D eigenvalue weighted by atomic mass is 79.9. The Morgan fingerprint density at radius 1 is 1.26 bits per heavy atom. The molecule has 0 aromatic heterocycles. The van der Waals surface area contributed by atoms with E-state index in [4.69, 9.17) is 28.6 Å². The Hall–Kier alpha value is -1.60. The lowest BCUT2D eigenvalue weighted by atomic mass is 10.2. The fraction of sp³-hybridized carbons (Fsp3) is 0.100. The molecule has 27 heavy (non-hydrogen) atoms. The van der Waals surface area contributed by atoms with E-state index in [1.807, 2.05) is 48.5 Å². The van der Waals surface area contributed by atoms with Gasteiger partial charge < -0.3 is 4.74 Å². The molecule has 2 aromatic rings. The summed E-state index contributed by atoms with van der Waals surface area (Å²) >= 11 is 16.0. The van der Waals surface area contributed by atoms with Crippen molar-refractivity contribution >= 4 is 67.8 Å². The highest BCUT2D eigenvalue weighted by molar-refractivity contribution is 9.10. The molecule has 1 saturated heterocycles. The minimum atomic E-state index is -0.0934. The van der Waals surface area contributed by atoms with Gasteiger partial charge in [-0.15, -0.1) is 6.58 Å². The SMILES string of the molecule is C=CCN1C(=O)/C(=C/c2ccc(OCc3ccc(Cl)cc3)c(Br)c2)SC1=S. The number of halogens is 2. The lowest BCUT2D eigenvalue weighted by Crippen LogP contribution is -2.27. The van der Waals surface area contributed by atoms with Gasteiger partial charge in [0.1, 0.15) is 16.7 Å². The summed E-state index contributed by atoms with van der Waals surface area (Å²) in [5, 5.41) is 0.697. The van der Waals surface area contributed by atoms with Crippen LogP contribution in [0.25, 0.3) is 6.08 Å². The number of ether oxygens (including phenoxy) is 1. The zero-order chi connectivity index (χ0) is 19.4. The molecule has 0 radical (unpaired) electrons. The molecule has 7 heteroatoms. The molecule has 1 heterocycles. The van der Waals surface area contributed by atoms with Crippen LogP contribution in [0, 0.1) is 0 Å². The summed E-state index contributed by atoms with van der Waals surface area (Å²) in [6.07, 6.45) is 3.49. The van der Waals surface area contributed by atoms with Crippen molar-refractivity contribution in [3.63, 3.8) is 0 Å². The van der Waals surface area contributed by atoms with E-state index in [1.54, 1.807) is 6.08 Å². The quantitative estimate of drug-likeness (QED) is 0.285. The third-order valence-corrected chi connectivity index (χ3v) is 6.00. The second-order valence-corrected chi connectivity index (χ2v) is 8.65. The van der Waals surface area contributed by atoms with Gasteiger partial charge in [0.2, 0.25) is 0 Å². The van der Waals surface area contributed by atoms with Crippen molar-refractivity contribution in [2.24, 2.45) is 0 Å². The number of carbonyl (C=O) groups excluding carboxylic acids is 1. The van der Waals surface area contributed by atoms with E-state index in [1.165, 1.54) is 16.7 Å². The first-order valence-corrected chi connectivity index (χ1v) is 10.4. The maximum atomic E-state index is 12.4. The van der Waals surface area contributed by atoms with E-state index in [9.17, 15) is 4.79 Å². The van der Waals surface area contributed by atoms with Crippen LogP contribution < -0.4 is 4.74 Å². The Balaban J connectivity index is 1.71. The minimum absolute atomic E-state index is 0.0934. The van der Waals surface area contributed by atoms with Gasteiger partial charge in [0.25, 0.3) is 5.91 Å². The van der Waals surface area contributed by atoms with Crippen LogP contribution in [0.1, 0.15) is 11.1 Å². The fourth-order valence-electron chi connectivity index (χ4n) is 2.40. The third-order valence-electron chi connectivity index (χ3n) is 3.75. The fourth-order valence-corrected chi connectivity index (χ4v) is 4.32. The van der Waals surface area contributed by atoms with Gasteiger partial charge in [0.05, 0.1) is 9.38 Å². The summed E-state index contributed by atoms with van der Waals surface area (Å²) in [5.41, 5.74) is 1.92. The van der Waals surface area contributed by atoms with Crippen molar-refractivity contribution in [1.29, 1.82) is 0 Å². The second kappa shape index (κ2) is 9.06. The molecule has 0 saturated carbocycles. The molecule has 0 N–H and O–H groups in total. The van der Waals surface area contributed by atoms with Crippen molar-refractivity contribution in [2.75, 3.05) is 6.54 Å². The van der Waals surface area contributed by atoms with Gasteiger partial charge in [-0.1, -0.05) is 59.9 Å². The van der Waals surface area contributed by atoms with Crippen molar-refractivity contribution in [2.45, 2.75) is 6.61 Å². The first-order chi connectivity index (χ1) is 13.0. The molecule has 3 rings (SSSR count). The molecule has 0 aliphatic carbocycles. The second-order valence-electron chi connectivity index (χ2n) is 5.69. The van der Waals surface area contributed by atoms with Crippen LogP contribution >= 0.6 is 51.5 Å². The standard InChI is InChI=1S/C20H15BrClNO2S2/c1-2-9-23-19(24)18(27-20(23)26)11-14-5-8-17(16(21)10-14)25-12-13-3-6-15(22)7-4-13/h2-8,10-11H,1,9,12H2/b18-11-. The molecule has 0 atom stereocenters. The maximum absolute atomic E-state index is 12.4. The molecule has 1 fully saturated rings. The van der Waals surface area contributed by atoms with Crippen LogP contribution in [0.3, 0.4) is 0 Å². The number of benzene rings is 2. The highest BCUT2D eigenvalue weighted by Crippen LogP contribution is 2.34. The maximum Gasteiger partial charge on any atom is 0.266 e. The third kappa shape index (κ3) is 5.02. The highest BCUT2D eigenvalue weighted by Gasteiger charge is 2.30. The summed E-state index contributed by atoms with van der Waals surface area (Å²) in [6.45, 7) is 4.52. The van der Waals surface area contributed by atoms with Gasteiger partial charge >= 0.3 is 0 Å². The molecule has 1 amide bonds. The van der Waals surface area contributed by atoms with Gasteiger partial charge in [0.15, 0.2) is 0 Å². The molecule has 2 aromatic carbocycles. The number of nitrogens with zero attached hydrogens (tertiary/aromatic N) is 1. The molecule has 138 valence electrons. The number of hydrogen-bond donors (Lipinski definition) is 0. The van der Waals surface area contributed by atoms with Gasteiger partial charge in [-0.2, -0.15) is 0 Å². The zero-order valence-corrected chi connectivity index (χ0v) is 18.1. The largest absolute Gasteiger partial charge is 0.488 e. The topological polar surface area (TPSA) is 29.5 Å². The van der Waals surface area contributed by atoms with Crippen LogP contribution in [-0.4, -0.2) is 21.7 Å². The molecule has 1 aliphatic heterocycles. The summed E-state index contributed by atoms with van der Waals surface area (Å²) < 4.78 is 7.21. The van der Waals surface area contributed by atoms with Crippen LogP contribution in [-0.2, 0) is 11.4 Å². The monoisotopic (exact) mass is 479 g/mol. The molecule has 0 unspecified atom stereocenters. The number of hydrogen-bond acceptors (Lipinski definition) is 4. The Morgan fingerprint density at radius 3 is 2.67 bits per heavy atom. The lowest BCUT2D eigenvalue weighted by Gasteiger charge is -2.10. The number of amides is 1. The summed E-state index contributed by atoms with van der Waals surface area (Å²) in [6, 6.07) is 13.2. The van der Waals surface area contributed by atoms with Gasteiger partial charge in [-0.3, -0.25) is 9.69 Å². The Morgan fingerprint density at radius 2 is 2.00 bits per heavy atom. The van der Waals surface area contributed by atoms with E-state index >= 15 is 0 Å². The molecular formula is C20H15BrClNO2S2. The Bertz CT molecular complexity index is 928. The summed E-state index contributed by atoms with van der Waals surface area (Å²) in [4.78, 5) is 14.5. The number of carbonyl (C=O) groups is 1. The van der Waals surface area contributed by atoms with Crippen molar-refractivity contribution < 1.29 is 9.53 Å². The molecule has 1 aliphatic rings.